The molecule has 2 aliphatic rings. The molecule has 6 heteroatoms. The number of carbonyl (C=O) groups is 1. The van der Waals surface area contributed by atoms with E-state index in [4.69, 9.17) is 14.5 Å². The van der Waals surface area contributed by atoms with Crippen molar-refractivity contribution in [2.75, 3.05) is 19.7 Å². The van der Waals surface area contributed by atoms with Crippen LogP contribution in [0.5, 0.6) is 11.5 Å². The van der Waals surface area contributed by atoms with Crippen molar-refractivity contribution in [3.8, 4) is 11.5 Å². The van der Waals surface area contributed by atoms with Crippen molar-refractivity contribution in [3.63, 3.8) is 0 Å². The van der Waals surface area contributed by atoms with Crippen molar-refractivity contribution in [2.24, 2.45) is 0 Å². The van der Waals surface area contributed by atoms with Gasteiger partial charge in [0.05, 0.1) is 23.4 Å². The Morgan fingerprint density at radius 1 is 1.27 bits per heavy atom. The first-order valence-corrected chi connectivity index (χ1v) is 11.5. The number of rotatable bonds is 5. The molecule has 0 saturated carbocycles. The lowest BCUT2D eigenvalue weighted by atomic mass is 9.91. The van der Waals surface area contributed by atoms with Gasteiger partial charge in [0.25, 0.3) is 0 Å². The van der Waals surface area contributed by atoms with Gasteiger partial charge in [-0.05, 0) is 50.2 Å². The minimum absolute atomic E-state index is 0.148. The Kier molecular flexibility index (Phi) is 5.54. The first kappa shape index (κ1) is 21.5. The molecular formula is C27H28N2O4. The summed E-state index contributed by atoms with van der Waals surface area (Å²) in [4.78, 5) is 19.5. The number of para-hydroxylation sites is 1. The van der Waals surface area contributed by atoms with E-state index in [2.05, 4.69) is 30.9 Å². The van der Waals surface area contributed by atoms with Gasteiger partial charge in [-0.3, -0.25) is 4.90 Å². The zero-order chi connectivity index (χ0) is 23.1. The van der Waals surface area contributed by atoms with Gasteiger partial charge in [-0.2, -0.15) is 0 Å². The highest BCUT2D eigenvalue weighted by molar-refractivity contribution is 6.06. The SMILES string of the molecule is CCOc1cc2c(cc1C=C1CN(CC)Cc3c1nc1ccccc1c3C(=O)O)OC(C)C2. The summed E-state index contributed by atoms with van der Waals surface area (Å²) in [6, 6.07) is 11.6. The van der Waals surface area contributed by atoms with Crippen LogP contribution in [0.1, 0.15) is 53.5 Å². The number of nitrogens with zero attached hydrogens (tertiary/aromatic N) is 2. The molecule has 1 aromatic heterocycles. The molecule has 1 N–H and O–H groups in total. The first-order valence-electron chi connectivity index (χ1n) is 11.5. The van der Waals surface area contributed by atoms with Crippen LogP contribution < -0.4 is 9.47 Å². The summed E-state index contributed by atoms with van der Waals surface area (Å²) in [5, 5.41) is 10.8. The summed E-state index contributed by atoms with van der Waals surface area (Å²) >= 11 is 0. The van der Waals surface area contributed by atoms with E-state index in [9.17, 15) is 9.90 Å². The van der Waals surface area contributed by atoms with Crippen LogP contribution in [-0.2, 0) is 13.0 Å². The Morgan fingerprint density at radius 2 is 2.09 bits per heavy atom. The van der Waals surface area contributed by atoms with Crippen LogP contribution in [0.2, 0.25) is 0 Å². The summed E-state index contributed by atoms with van der Waals surface area (Å²) in [7, 11) is 0. The van der Waals surface area contributed by atoms with Crippen molar-refractivity contribution >= 4 is 28.5 Å². The zero-order valence-corrected chi connectivity index (χ0v) is 19.2. The van der Waals surface area contributed by atoms with Crippen LogP contribution in [0.3, 0.4) is 0 Å². The summed E-state index contributed by atoms with van der Waals surface area (Å²) in [5.41, 5.74) is 5.63. The van der Waals surface area contributed by atoms with Crippen LogP contribution in [0.4, 0.5) is 0 Å². The third-order valence-electron chi connectivity index (χ3n) is 6.39. The monoisotopic (exact) mass is 444 g/mol. The number of benzene rings is 2. The average Bonchev–Trinajstić information content (AvgIpc) is 3.16. The number of fused-ring (bicyclic) bond motifs is 3. The fourth-order valence-electron chi connectivity index (χ4n) is 4.88. The highest BCUT2D eigenvalue weighted by Crippen LogP contribution is 2.39. The minimum atomic E-state index is -0.919. The highest BCUT2D eigenvalue weighted by Gasteiger charge is 2.29. The van der Waals surface area contributed by atoms with Crippen molar-refractivity contribution in [3.05, 3.63) is 64.3 Å². The third kappa shape index (κ3) is 3.85. The van der Waals surface area contributed by atoms with E-state index in [0.29, 0.717) is 36.2 Å². The molecule has 0 amide bonds. The summed E-state index contributed by atoms with van der Waals surface area (Å²) in [5.74, 6) is 0.784. The van der Waals surface area contributed by atoms with Crippen molar-refractivity contribution < 1.29 is 19.4 Å². The molecule has 0 radical (unpaired) electrons. The van der Waals surface area contributed by atoms with E-state index in [-0.39, 0.29) is 6.10 Å². The standard InChI is InChI=1S/C27H28N2O4/c1-4-29-14-19(11-18-13-24-17(10-16(3)33-24)12-23(18)32-5-2)26-21(15-29)25(27(30)31)20-8-6-7-9-22(20)28-26/h6-9,11-13,16H,4-5,10,14-15H2,1-3H3,(H,30,31). The molecule has 0 bridgehead atoms. The molecule has 3 aromatic rings. The predicted molar refractivity (Wildman–Crippen MR) is 129 cm³/mol. The molecule has 2 aliphatic heterocycles. The number of likely N-dealkylation sites (N-methyl/N-ethyl adjacent to an activating group) is 1. The summed E-state index contributed by atoms with van der Waals surface area (Å²) in [6.45, 7) is 8.76. The van der Waals surface area contributed by atoms with Gasteiger partial charge in [0.15, 0.2) is 0 Å². The second-order valence-electron chi connectivity index (χ2n) is 8.67. The van der Waals surface area contributed by atoms with E-state index < -0.39 is 5.97 Å². The Morgan fingerprint density at radius 3 is 2.85 bits per heavy atom. The summed E-state index contributed by atoms with van der Waals surface area (Å²) < 4.78 is 12.0. The maximum absolute atomic E-state index is 12.3. The van der Waals surface area contributed by atoms with Crippen molar-refractivity contribution in [2.45, 2.75) is 39.8 Å². The van der Waals surface area contributed by atoms with Gasteiger partial charge in [-0.15, -0.1) is 0 Å². The van der Waals surface area contributed by atoms with E-state index in [1.807, 2.05) is 37.3 Å². The molecule has 6 nitrogen and oxygen atoms in total. The van der Waals surface area contributed by atoms with Crippen LogP contribution in [-0.4, -0.2) is 46.8 Å². The van der Waals surface area contributed by atoms with Gasteiger partial charge in [0.2, 0.25) is 0 Å². The number of pyridine rings is 1. The van der Waals surface area contributed by atoms with Gasteiger partial charge in [-0.1, -0.05) is 25.1 Å². The number of ether oxygens (including phenoxy) is 2. The largest absolute Gasteiger partial charge is 0.493 e. The normalized spacial score (nSPS) is 18.8. The number of hydrogen-bond donors (Lipinski definition) is 1. The molecule has 3 heterocycles. The number of aromatic nitrogens is 1. The molecule has 1 atom stereocenters. The molecule has 0 aliphatic carbocycles. The second kappa shape index (κ2) is 8.52. The number of hydrogen-bond acceptors (Lipinski definition) is 5. The fraction of sp³-hybridized carbons (Fsp3) is 0.333. The van der Waals surface area contributed by atoms with Gasteiger partial charge < -0.3 is 14.6 Å². The maximum Gasteiger partial charge on any atom is 0.336 e. The Balaban J connectivity index is 1.72. The van der Waals surface area contributed by atoms with Crippen molar-refractivity contribution in [1.82, 2.24) is 9.88 Å². The molecule has 0 saturated heterocycles. The van der Waals surface area contributed by atoms with E-state index in [0.717, 1.165) is 52.4 Å². The summed E-state index contributed by atoms with van der Waals surface area (Å²) in [6.07, 6.45) is 3.11. The lowest BCUT2D eigenvalue weighted by molar-refractivity contribution is 0.0696. The van der Waals surface area contributed by atoms with Gasteiger partial charge in [-0.25, -0.2) is 9.78 Å². The van der Waals surface area contributed by atoms with E-state index >= 15 is 0 Å². The van der Waals surface area contributed by atoms with E-state index in [1.165, 1.54) is 0 Å². The zero-order valence-electron chi connectivity index (χ0n) is 19.2. The lowest BCUT2D eigenvalue weighted by Crippen LogP contribution is -2.31. The van der Waals surface area contributed by atoms with Crippen molar-refractivity contribution in [1.29, 1.82) is 0 Å². The van der Waals surface area contributed by atoms with Gasteiger partial charge in [0, 0.05) is 41.6 Å². The van der Waals surface area contributed by atoms with Gasteiger partial charge in [0.1, 0.15) is 17.6 Å². The smallest absolute Gasteiger partial charge is 0.336 e. The Bertz CT molecular complexity index is 1280. The molecule has 0 spiro atoms. The highest BCUT2D eigenvalue weighted by atomic mass is 16.5. The molecular weight excluding hydrogens is 416 g/mol. The van der Waals surface area contributed by atoms with Crippen LogP contribution in [0.25, 0.3) is 22.6 Å². The third-order valence-corrected chi connectivity index (χ3v) is 6.39. The fourth-order valence-corrected chi connectivity index (χ4v) is 4.88. The molecule has 2 aromatic carbocycles. The number of carboxylic acid groups (broad SMARTS) is 1. The topological polar surface area (TPSA) is 71.9 Å². The molecule has 0 fully saturated rings. The average molecular weight is 445 g/mol. The Hall–Kier alpha value is -3.38. The lowest BCUT2D eigenvalue weighted by Gasteiger charge is -2.30. The van der Waals surface area contributed by atoms with E-state index in [1.54, 1.807) is 0 Å². The predicted octanol–water partition coefficient (Wildman–Crippen LogP) is 5.03. The maximum atomic E-state index is 12.3. The second-order valence-corrected chi connectivity index (χ2v) is 8.67. The minimum Gasteiger partial charge on any atom is -0.493 e. The molecule has 33 heavy (non-hydrogen) atoms. The first-order chi connectivity index (χ1) is 16.0. The molecule has 5 rings (SSSR count). The molecule has 1 unspecified atom stereocenters. The van der Waals surface area contributed by atoms with Crippen LogP contribution in [0, 0.1) is 0 Å². The quantitative estimate of drug-likeness (QED) is 0.595. The molecule has 170 valence electrons. The van der Waals surface area contributed by atoms with Gasteiger partial charge >= 0.3 is 5.97 Å². The van der Waals surface area contributed by atoms with Crippen LogP contribution in [0.15, 0.2) is 36.4 Å². The Labute approximate surface area is 193 Å². The van der Waals surface area contributed by atoms with Crippen LogP contribution >= 0.6 is 0 Å². The number of carboxylic acids is 1. The number of aromatic carboxylic acids is 1.